The first-order valence-electron chi connectivity index (χ1n) is 24.5. The fourth-order valence-electron chi connectivity index (χ4n) is 10.7. The number of aromatic nitrogens is 2. The van der Waals surface area contributed by atoms with E-state index in [9.17, 15) is 5.26 Å². The highest BCUT2D eigenvalue weighted by Crippen LogP contribution is 2.47. The second kappa shape index (κ2) is 17.7. The summed E-state index contributed by atoms with van der Waals surface area (Å²) in [6.45, 7) is 16.5. The first-order chi connectivity index (χ1) is 35.8. The van der Waals surface area contributed by atoms with Gasteiger partial charge < -0.3 is 9.13 Å². The smallest absolute Gasteiger partial charge is 0.308 e. The molecule has 0 aliphatic carbocycles. The third kappa shape index (κ3) is 7.78. The van der Waals surface area contributed by atoms with Gasteiger partial charge in [-0.2, -0.15) is 18.4 Å². The molecular weight excluding hydrogens is 918 g/mol. The number of halogens is 3. The summed E-state index contributed by atoms with van der Waals surface area (Å²) in [6, 6.07) is 68.2. The van der Waals surface area contributed by atoms with E-state index in [2.05, 4.69) is 184 Å². The third-order valence-corrected chi connectivity index (χ3v) is 14.5. The van der Waals surface area contributed by atoms with Gasteiger partial charge >= 0.3 is 6.18 Å². The lowest BCUT2D eigenvalue weighted by atomic mass is 9.94. The van der Waals surface area contributed by atoms with Crippen LogP contribution < -0.4 is 0 Å². The molecule has 0 unspecified atom stereocenters. The molecule has 74 heavy (non-hydrogen) atoms. The maximum atomic E-state index is 15.4. The van der Waals surface area contributed by atoms with Crippen molar-refractivity contribution in [2.75, 3.05) is 0 Å². The van der Waals surface area contributed by atoms with Gasteiger partial charge in [-0.15, -0.1) is 0 Å². The molecule has 4 nitrogen and oxygen atoms in total. The van der Waals surface area contributed by atoms with Crippen molar-refractivity contribution in [1.29, 1.82) is 5.26 Å². The maximum Gasteiger partial charge on any atom is 0.415 e. The van der Waals surface area contributed by atoms with E-state index < -0.39 is 11.7 Å². The zero-order valence-electron chi connectivity index (χ0n) is 41.0. The lowest BCUT2D eigenvalue weighted by Gasteiger charge is -2.21. The SMILES string of the molecule is [C-]#[N+]c1cccc(C(F)(F)F)c1-c1cc(-n2c3ccc(-c4ccc(C)cc4)cc3c3cc(-c4ccc(C)cc4)ccc32)c(C#N)c(-n2c3ccc(-c4ccc(C)cc4)cc3c3cc(-c4ccc(C)cc4)ccc32)c1. The van der Waals surface area contributed by atoms with Crippen molar-refractivity contribution in [2.45, 2.75) is 33.9 Å². The van der Waals surface area contributed by atoms with Crippen LogP contribution in [0.25, 0.3) is 115 Å². The van der Waals surface area contributed by atoms with Gasteiger partial charge in [-0.3, -0.25) is 0 Å². The summed E-state index contributed by atoms with van der Waals surface area (Å²) in [5.74, 6) is 0. The highest BCUT2D eigenvalue weighted by Gasteiger charge is 2.35. The number of rotatable bonds is 7. The number of nitriles is 1. The number of fused-ring (bicyclic) bond motifs is 6. The van der Waals surface area contributed by atoms with Gasteiger partial charge in [0.25, 0.3) is 0 Å². The summed E-state index contributed by atoms with van der Waals surface area (Å²) in [7, 11) is 0. The largest absolute Gasteiger partial charge is 0.415 e. The second-order valence-electron chi connectivity index (χ2n) is 19.4. The molecule has 0 spiro atoms. The Kier molecular flexibility index (Phi) is 10.9. The minimum Gasteiger partial charge on any atom is -0.308 e. The van der Waals surface area contributed by atoms with Gasteiger partial charge in [-0.25, -0.2) is 4.85 Å². The Balaban J connectivity index is 1.21. The number of hydrogen-bond donors (Lipinski definition) is 0. The number of alkyl halides is 3. The van der Waals surface area contributed by atoms with Crippen LogP contribution in [0.1, 0.15) is 33.4 Å². The van der Waals surface area contributed by atoms with Gasteiger partial charge in [0.15, 0.2) is 5.69 Å². The summed E-state index contributed by atoms with van der Waals surface area (Å²) in [5, 5.41) is 15.4. The van der Waals surface area contributed by atoms with Crippen LogP contribution in [0.5, 0.6) is 0 Å². The Hall–Kier alpha value is -9.43. The molecule has 0 N–H and O–H groups in total. The van der Waals surface area contributed by atoms with Crippen molar-refractivity contribution in [1.82, 2.24) is 9.13 Å². The molecular formula is C67H45F3N4. The zero-order chi connectivity index (χ0) is 51.0. The lowest BCUT2D eigenvalue weighted by molar-refractivity contribution is -0.137. The summed E-state index contributed by atoms with van der Waals surface area (Å²) in [6.07, 6.45) is -4.80. The molecule has 0 bridgehead atoms. The molecule has 0 aliphatic heterocycles. The van der Waals surface area contributed by atoms with Gasteiger partial charge in [0.1, 0.15) is 11.6 Å². The fraction of sp³-hybridized carbons (Fsp3) is 0.0746. The quantitative estimate of drug-likeness (QED) is 0.147. The summed E-state index contributed by atoms with van der Waals surface area (Å²) >= 11 is 0. The van der Waals surface area contributed by atoms with Crippen LogP contribution in [-0.2, 0) is 6.18 Å². The molecule has 0 atom stereocenters. The van der Waals surface area contributed by atoms with Crippen LogP contribution in [0, 0.1) is 45.6 Å². The topological polar surface area (TPSA) is 38.0 Å². The molecule has 0 aliphatic rings. The molecule has 354 valence electrons. The Morgan fingerprint density at radius 1 is 0.405 bits per heavy atom. The molecule has 0 radical (unpaired) electrons. The van der Waals surface area contributed by atoms with Gasteiger partial charge in [0, 0.05) is 21.5 Å². The van der Waals surface area contributed by atoms with Gasteiger partial charge in [-0.05, 0) is 144 Å². The van der Waals surface area contributed by atoms with E-state index in [1.165, 1.54) is 12.1 Å². The molecule has 12 aromatic rings. The van der Waals surface area contributed by atoms with Crippen molar-refractivity contribution in [2.24, 2.45) is 0 Å². The van der Waals surface area contributed by atoms with Crippen LogP contribution in [-0.4, -0.2) is 9.13 Å². The van der Waals surface area contributed by atoms with E-state index >= 15 is 13.2 Å². The van der Waals surface area contributed by atoms with E-state index in [1.807, 2.05) is 33.4 Å². The minimum absolute atomic E-state index is 0.151. The Morgan fingerprint density at radius 2 is 0.716 bits per heavy atom. The standard InChI is InChI=1S/C67H45F3N4/c1-40-9-17-44(18-10-40)48-25-29-60-53(33-48)54-34-49(45-19-11-41(2)12-20-45)26-30-61(54)73(60)64-37-52(66-58(67(68,69)70)7-6-8-59(66)72-5)38-65(57(64)39-71)74-62-31-27-50(46-21-13-42(3)14-22-46)35-55(62)56-36-51(28-32-63(56)74)47-23-15-43(4)16-24-47/h6-38H,1-4H3. The van der Waals surface area contributed by atoms with E-state index in [1.54, 1.807) is 12.1 Å². The van der Waals surface area contributed by atoms with E-state index in [4.69, 9.17) is 6.57 Å². The van der Waals surface area contributed by atoms with Gasteiger partial charge in [0.2, 0.25) is 0 Å². The molecule has 12 rings (SSSR count). The van der Waals surface area contributed by atoms with Gasteiger partial charge in [0.05, 0.1) is 45.6 Å². The number of hydrogen-bond acceptors (Lipinski definition) is 1. The molecule has 0 amide bonds. The van der Waals surface area contributed by atoms with Crippen molar-refractivity contribution in [3.05, 3.63) is 245 Å². The highest BCUT2D eigenvalue weighted by molar-refractivity contribution is 6.14. The van der Waals surface area contributed by atoms with Crippen molar-refractivity contribution < 1.29 is 13.2 Å². The molecule has 0 fully saturated rings. The molecule has 10 aromatic carbocycles. The average molecular weight is 963 g/mol. The van der Waals surface area contributed by atoms with Crippen LogP contribution in [0.2, 0.25) is 0 Å². The Labute approximate surface area is 426 Å². The molecule has 0 saturated carbocycles. The van der Waals surface area contributed by atoms with Crippen LogP contribution in [0.15, 0.2) is 200 Å². The first kappa shape index (κ1) is 45.7. The highest BCUT2D eigenvalue weighted by atomic mass is 19.4. The van der Waals surface area contributed by atoms with E-state index in [0.29, 0.717) is 11.4 Å². The van der Waals surface area contributed by atoms with Crippen molar-refractivity contribution in [3.63, 3.8) is 0 Å². The monoisotopic (exact) mass is 962 g/mol. The van der Waals surface area contributed by atoms with Crippen molar-refractivity contribution >= 4 is 49.3 Å². The lowest BCUT2D eigenvalue weighted by Crippen LogP contribution is -2.09. The van der Waals surface area contributed by atoms with E-state index in [-0.39, 0.29) is 22.4 Å². The molecule has 7 heteroatoms. The Bertz CT molecular complexity index is 3870. The normalized spacial score (nSPS) is 11.7. The first-order valence-corrected chi connectivity index (χ1v) is 24.5. The van der Waals surface area contributed by atoms with Crippen LogP contribution in [0.3, 0.4) is 0 Å². The number of aryl methyl sites for hydroxylation is 4. The van der Waals surface area contributed by atoms with Gasteiger partial charge in [-0.1, -0.05) is 162 Å². The second-order valence-corrected chi connectivity index (χ2v) is 19.4. The zero-order valence-corrected chi connectivity index (χ0v) is 41.0. The number of benzene rings is 10. The summed E-state index contributed by atoms with van der Waals surface area (Å²) in [5.41, 5.74) is 15.5. The predicted octanol–water partition coefficient (Wildman–Crippen LogP) is 18.9. The van der Waals surface area contributed by atoms with E-state index in [0.717, 1.165) is 116 Å². The predicted molar refractivity (Wildman–Crippen MR) is 297 cm³/mol. The molecule has 2 aromatic heterocycles. The Morgan fingerprint density at radius 3 is 1.00 bits per heavy atom. The average Bonchev–Trinajstić information content (AvgIpc) is 3.93. The minimum atomic E-state index is -4.80. The molecule has 0 saturated heterocycles. The van der Waals surface area contributed by atoms with Crippen LogP contribution in [0.4, 0.5) is 18.9 Å². The summed E-state index contributed by atoms with van der Waals surface area (Å²) in [4.78, 5) is 3.70. The van der Waals surface area contributed by atoms with Crippen molar-refractivity contribution in [3.8, 4) is 73.1 Å². The summed E-state index contributed by atoms with van der Waals surface area (Å²) < 4.78 is 50.3. The fourth-order valence-corrected chi connectivity index (χ4v) is 10.7. The number of nitrogens with zero attached hydrogens (tertiary/aromatic N) is 4. The van der Waals surface area contributed by atoms with Crippen LogP contribution >= 0.6 is 0 Å². The third-order valence-electron chi connectivity index (χ3n) is 14.5. The molecule has 2 heterocycles. The maximum absolute atomic E-state index is 15.4.